The summed E-state index contributed by atoms with van der Waals surface area (Å²) in [6, 6.07) is 4.91. The summed E-state index contributed by atoms with van der Waals surface area (Å²) in [6.07, 6.45) is 1.12. The van der Waals surface area contributed by atoms with E-state index in [0.717, 1.165) is 5.56 Å². The number of hydrogen-bond acceptors (Lipinski definition) is 1. The van der Waals surface area contributed by atoms with Gasteiger partial charge in [-0.3, -0.25) is 4.79 Å². The maximum absolute atomic E-state index is 13.2. The first-order chi connectivity index (χ1) is 7.06. The molecule has 0 heterocycles. The molecule has 0 aliphatic carbocycles. The zero-order chi connectivity index (χ0) is 11.4. The summed E-state index contributed by atoms with van der Waals surface area (Å²) in [7, 11) is 0. The Morgan fingerprint density at radius 2 is 2.20 bits per heavy atom. The van der Waals surface area contributed by atoms with Crippen molar-refractivity contribution in [2.24, 2.45) is 5.92 Å². The number of hydrogen-bond donors (Lipinski definition) is 0. The van der Waals surface area contributed by atoms with Crippen LogP contribution in [0, 0.1) is 11.7 Å². The second-order valence-corrected chi connectivity index (χ2v) is 4.43. The van der Waals surface area contributed by atoms with Crippen molar-refractivity contribution >= 4 is 21.7 Å². The molecule has 0 aromatic heterocycles. The van der Waals surface area contributed by atoms with Crippen LogP contribution < -0.4 is 0 Å². The van der Waals surface area contributed by atoms with Gasteiger partial charge in [-0.05, 0) is 34.0 Å². The average molecular weight is 273 g/mol. The summed E-state index contributed by atoms with van der Waals surface area (Å²) in [5, 5.41) is 0. The monoisotopic (exact) mass is 272 g/mol. The molecule has 0 aliphatic rings. The van der Waals surface area contributed by atoms with Gasteiger partial charge < -0.3 is 0 Å². The van der Waals surface area contributed by atoms with E-state index in [2.05, 4.69) is 15.9 Å². The molecule has 15 heavy (non-hydrogen) atoms. The summed E-state index contributed by atoms with van der Waals surface area (Å²) in [6.45, 7) is 3.72. The average Bonchev–Trinajstić information content (AvgIpc) is 2.23. The Balaban J connectivity index is 2.81. The zero-order valence-electron chi connectivity index (χ0n) is 8.89. The molecule has 82 valence electrons. The predicted molar refractivity (Wildman–Crippen MR) is 62.3 cm³/mol. The molecule has 1 rings (SSSR count). The number of rotatable bonds is 4. The number of carbonyl (C=O) groups is 1. The summed E-state index contributed by atoms with van der Waals surface area (Å²) >= 11 is 3.19. The van der Waals surface area contributed by atoms with Crippen LogP contribution in [0.4, 0.5) is 4.39 Å². The largest absolute Gasteiger partial charge is 0.299 e. The van der Waals surface area contributed by atoms with Gasteiger partial charge in [-0.25, -0.2) is 4.39 Å². The Bertz CT molecular complexity index is 363. The highest BCUT2D eigenvalue weighted by Crippen LogP contribution is 2.23. The minimum atomic E-state index is -0.274. The third kappa shape index (κ3) is 3.13. The summed E-state index contributed by atoms with van der Waals surface area (Å²) in [4.78, 5) is 11.4. The fraction of sp³-hybridized carbons (Fsp3) is 0.417. The molecule has 1 aromatic rings. The smallest absolute Gasteiger partial charge is 0.137 e. The van der Waals surface area contributed by atoms with Gasteiger partial charge in [0.15, 0.2) is 0 Å². The van der Waals surface area contributed by atoms with E-state index >= 15 is 0 Å². The number of ketones is 1. The zero-order valence-corrected chi connectivity index (χ0v) is 10.5. The van der Waals surface area contributed by atoms with Crippen molar-refractivity contribution in [3.8, 4) is 0 Å². The van der Waals surface area contributed by atoms with Gasteiger partial charge in [0, 0.05) is 12.3 Å². The van der Waals surface area contributed by atoms with Gasteiger partial charge in [-0.1, -0.05) is 26.0 Å². The summed E-state index contributed by atoms with van der Waals surface area (Å²) in [5.41, 5.74) is 0.851. The van der Waals surface area contributed by atoms with Gasteiger partial charge in [0.2, 0.25) is 0 Å². The molecule has 1 unspecified atom stereocenters. The number of halogens is 2. The van der Waals surface area contributed by atoms with Crippen LogP contribution in [0.2, 0.25) is 0 Å². The molecule has 0 saturated carbocycles. The lowest BCUT2D eigenvalue weighted by molar-refractivity contribution is -0.122. The Kier molecular flexibility index (Phi) is 4.45. The van der Waals surface area contributed by atoms with E-state index in [1.54, 1.807) is 6.07 Å². The number of benzene rings is 1. The molecular formula is C12H14BrFO. The van der Waals surface area contributed by atoms with Crippen LogP contribution in [-0.2, 0) is 11.2 Å². The van der Waals surface area contributed by atoms with Crippen molar-refractivity contribution in [1.82, 2.24) is 0 Å². The highest BCUT2D eigenvalue weighted by atomic mass is 79.9. The minimum Gasteiger partial charge on any atom is -0.299 e. The lowest BCUT2D eigenvalue weighted by Crippen LogP contribution is -2.12. The van der Waals surface area contributed by atoms with Crippen LogP contribution in [-0.4, -0.2) is 5.78 Å². The molecule has 1 atom stereocenters. The van der Waals surface area contributed by atoms with Crippen molar-refractivity contribution in [2.75, 3.05) is 0 Å². The maximum Gasteiger partial charge on any atom is 0.137 e. The summed E-state index contributed by atoms with van der Waals surface area (Å²) in [5.74, 6) is -0.108. The van der Waals surface area contributed by atoms with Crippen molar-refractivity contribution in [3.63, 3.8) is 0 Å². The van der Waals surface area contributed by atoms with E-state index in [-0.39, 0.29) is 17.5 Å². The predicted octanol–water partition coefficient (Wildman–Crippen LogP) is 3.75. The van der Waals surface area contributed by atoms with Gasteiger partial charge in [0.25, 0.3) is 0 Å². The van der Waals surface area contributed by atoms with E-state index in [9.17, 15) is 9.18 Å². The second kappa shape index (κ2) is 5.40. The lowest BCUT2D eigenvalue weighted by atomic mass is 9.96. The van der Waals surface area contributed by atoms with E-state index in [4.69, 9.17) is 0 Å². The van der Waals surface area contributed by atoms with Gasteiger partial charge in [0.05, 0.1) is 4.47 Å². The molecule has 1 aromatic carbocycles. The topological polar surface area (TPSA) is 17.1 Å². The first-order valence-corrected chi connectivity index (χ1v) is 5.81. The van der Waals surface area contributed by atoms with E-state index in [1.165, 1.54) is 6.07 Å². The molecule has 1 nitrogen and oxygen atoms in total. The Morgan fingerprint density at radius 1 is 1.53 bits per heavy atom. The SMILES string of the molecule is CCC(=O)C(C)Cc1cccc(F)c1Br. The Morgan fingerprint density at radius 3 is 2.80 bits per heavy atom. The molecule has 0 radical (unpaired) electrons. The first-order valence-electron chi connectivity index (χ1n) is 5.01. The fourth-order valence-corrected chi connectivity index (χ4v) is 1.92. The first kappa shape index (κ1) is 12.4. The molecule has 0 spiro atoms. The molecule has 0 fully saturated rings. The third-order valence-corrected chi connectivity index (χ3v) is 3.34. The Labute approximate surface area is 97.8 Å². The fourth-order valence-electron chi connectivity index (χ4n) is 1.50. The molecule has 0 amide bonds. The van der Waals surface area contributed by atoms with Gasteiger partial charge in [0.1, 0.15) is 11.6 Å². The van der Waals surface area contributed by atoms with Crippen molar-refractivity contribution in [2.45, 2.75) is 26.7 Å². The van der Waals surface area contributed by atoms with Crippen molar-refractivity contribution < 1.29 is 9.18 Å². The second-order valence-electron chi connectivity index (χ2n) is 3.64. The van der Waals surface area contributed by atoms with E-state index in [1.807, 2.05) is 19.9 Å². The van der Waals surface area contributed by atoms with Gasteiger partial charge in [-0.2, -0.15) is 0 Å². The number of Topliss-reactive ketones (excluding diaryl/α,β-unsaturated/α-hetero) is 1. The van der Waals surface area contributed by atoms with Crippen LogP contribution in [0.5, 0.6) is 0 Å². The van der Waals surface area contributed by atoms with Crippen molar-refractivity contribution in [1.29, 1.82) is 0 Å². The normalized spacial score (nSPS) is 12.5. The summed E-state index contributed by atoms with van der Waals surface area (Å²) < 4.78 is 13.7. The van der Waals surface area contributed by atoms with Crippen molar-refractivity contribution in [3.05, 3.63) is 34.1 Å². The van der Waals surface area contributed by atoms with Crippen LogP contribution in [0.1, 0.15) is 25.8 Å². The lowest BCUT2D eigenvalue weighted by Gasteiger charge is -2.10. The standard InChI is InChI=1S/C12H14BrFO/c1-3-11(15)8(2)7-9-5-4-6-10(14)12(9)13/h4-6,8H,3,7H2,1-2H3. The van der Waals surface area contributed by atoms with Crippen LogP contribution in [0.25, 0.3) is 0 Å². The molecule has 0 bridgehead atoms. The van der Waals surface area contributed by atoms with Crippen LogP contribution in [0.3, 0.4) is 0 Å². The molecule has 3 heteroatoms. The highest BCUT2D eigenvalue weighted by molar-refractivity contribution is 9.10. The molecular weight excluding hydrogens is 259 g/mol. The van der Waals surface area contributed by atoms with Gasteiger partial charge >= 0.3 is 0 Å². The highest BCUT2D eigenvalue weighted by Gasteiger charge is 2.14. The van der Waals surface area contributed by atoms with E-state index < -0.39 is 0 Å². The van der Waals surface area contributed by atoms with Crippen LogP contribution in [0.15, 0.2) is 22.7 Å². The van der Waals surface area contributed by atoms with Crippen LogP contribution >= 0.6 is 15.9 Å². The van der Waals surface area contributed by atoms with Gasteiger partial charge in [-0.15, -0.1) is 0 Å². The molecule has 0 saturated heterocycles. The van der Waals surface area contributed by atoms with E-state index in [0.29, 0.717) is 17.3 Å². The minimum absolute atomic E-state index is 0.0481. The molecule has 0 aliphatic heterocycles. The Hall–Kier alpha value is -0.700. The molecule has 0 N–H and O–H groups in total. The number of carbonyl (C=O) groups excluding carboxylic acids is 1. The third-order valence-electron chi connectivity index (χ3n) is 2.46. The maximum atomic E-state index is 13.2. The quantitative estimate of drug-likeness (QED) is 0.816.